The van der Waals surface area contributed by atoms with Gasteiger partial charge in [-0.15, -0.1) is 0 Å². The van der Waals surface area contributed by atoms with Crippen molar-refractivity contribution in [3.8, 4) is 5.75 Å². The lowest BCUT2D eigenvalue weighted by Crippen LogP contribution is -2.17. The van der Waals surface area contributed by atoms with Gasteiger partial charge in [-0.25, -0.2) is 0 Å². The van der Waals surface area contributed by atoms with E-state index in [4.69, 9.17) is 0 Å². The highest BCUT2D eigenvalue weighted by molar-refractivity contribution is 6.06. The van der Waals surface area contributed by atoms with Gasteiger partial charge in [0.15, 0.2) is 0 Å². The molecular formula is C23H28N4O2. The maximum Gasteiger partial charge on any atom is 0.257 e. The lowest BCUT2D eigenvalue weighted by Gasteiger charge is -2.18. The predicted octanol–water partition coefficient (Wildman–Crippen LogP) is 4.12. The summed E-state index contributed by atoms with van der Waals surface area (Å²) < 4.78 is 0. The van der Waals surface area contributed by atoms with Crippen LogP contribution in [0, 0.1) is 0 Å². The molecule has 6 nitrogen and oxygen atoms in total. The van der Waals surface area contributed by atoms with E-state index in [1.165, 1.54) is 0 Å². The van der Waals surface area contributed by atoms with Crippen molar-refractivity contribution >= 4 is 28.2 Å². The van der Waals surface area contributed by atoms with Crippen molar-refractivity contribution < 1.29 is 9.90 Å². The van der Waals surface area contributed by atoms with Crippen LogP contribution in [0.5, 0.6) is 5.75 Å². The first-order chi connectivity index (χ1) is 14.0. The third-order valence-corrected chi connectivity index (χ3v) is 4.83. The van der Waals surface area contributed by atoms with Gasteiger partial charge in [-0.2, -0.15) is 0 Å². The summed E-state index contributed by atoms with van der Waals surface area (Å²) in [7, 11) is 4.07. The third-order valence-electron chi connectivity index (χ3n) is 4.83. The standard InChI is InChI=1S/C23H28N4O2/c1-4-18-20(10-11-21(28)22(18)24-12-7-13-27(2)3)26-23(29)17-14-16-8-5-6-9-19(16)25-15-17/h5-6,8-11,14-15,24,28H,4,7,12-13H2,1-3H3,(H,26,29). The fourth-order valence-corrected chi connectivity index (χ4v) is 3.32. The van der Waals surface area contributed by atoms with E-state index >= 15 is 0 Å². The number of rotatable bonds is 8. The number of amides is 1. The van der Waals surface area contributed by atoms with Crippen LogP contribution in [0.4, 0.5) is 11.4 Å². The van der Waals surface area contributed by atoms with Crippen molar-refractivity contribution in [2.75, 3.05) is 37.8 Å². The number of aromatic hydroxyl groups is 1. The number of pyridine rings is 1. The second-order valence-electron chi connectivity index (χ2n) is 7.29. The molecule has 3 N–H and O–H groups in total. The van der Waals surface area contributed by atoms with E-state index in [-0.39, 0.29) is 11.7 Å². The highest BCUT2D eigenvalue weighted by atomic mass is 16.3. The molecule has 6 heteroatoms. The number of benzene rings is 2. The maximum atomic E-state index is 12.8. The zero-order chi connectivity index (χ0) is 20.8. The van der Waals surface area contributed by atoms with Crippen LogP contribution < -0.4 is 10.6 Å². The Morgan fingerprint density at radius 2 is 1.97 bits per heavy atom. The lowest BCUT2D eigenvalue weighted by atomic mass is 10.1. The van der Waals surface area contributed by atoms with E-state index in [0.717, 1.165) is 36.0 Å². The molecule has 0 unspecified atom stereocenters. The minimum absolute atomic E-state index is 0.192. The number of nitrogens with one attached hydrogen (secondary N) is 2. The number of aromatic nitrogens is 1. The van der Waals surface area contributed by atoms with E-state index in [1.807, 2.05) is 51.4 Å². The summed E-state index contributed by atoms with van der Waals surface area (Å²) >= 11 is 0. The lowest BCUT2D eigenvalue weighted by molar-refractivity contribution is 0.102. The van der Waals surface area contributed by atoms with Gasteiger partial charge in [-0.05, 0) is 57.7 Å². The topological polar surface area (TPSA) is 77.5 Å². The second-order valence-corrected chi connectivity index (χ2v) is 7.29. The molecule has 0 saturated carbocycles. The Balaban J connectivity index is 1.80. The molecule has 1 heterocycles. The summed E-state index contributed by atoms with van der Waals surface area (Å²) in [6, 6.07) is 12.9. The van der Waals surface area contributed by atoms with Gasteiger partial charge in [0.2, 0.25) is 0 Å². The molecule has 0 aliphatic rings. The Morgan fingerprint density at radius 1 is 1.17 bits per heavy atom. The van der Waals surface area contributed by atoms with Crippen molar-refractivity contribution in [3.63, 3.8) is 0 Å². The molecule has 1 aromatic heterocycles. The molecule has 0 aliphatic heterocycles. The van der Waals surface area contributed by atoms with Gasteiger partial charge in [-0.3, -0.25) is 9.78 Å². The van der Waals surface area contributed by atoms with E-state index in [0.29, 0.717) is 23.4 Å². The summed E-state index contributed by atoms with van der Waals surface area (Å²) in [6.45, 7) is 3.71. The number of anilines is 2. The average molecular weight is 393 g/mol. The molecule has 0 aliphatic carbocycles. The van der Waals surface area contributed by atoms with E-state index in [1.54, 1.807) is 18.3 Å². The molecule has 2 aromatic carbocycles. The zero-order valence-corrected chi connectivity index (χ0v) is 17.2. The first kappa shape index (κ1) is 20.6. The summed E-state index contributed by atoms with van der Waals surface area (Å²) in [5.41, 5.74) is 3.61. The molecule has 0 saturated heterocycles. The molecule has 0 fully saturated rings. The van der Waals surface area contributed by atoms with Crippen molar-refractivity contribution in [1.29, 1.82) is 0 Å². The average Bonchev–Trinajstić information content (AvgIpc) is 2.72. The molecule has 152 valence electrons. The highest BCUT2D eigenvalue weighted by Gasteiger charge is 2.15. The molecule has 0 spiro atoms. The summed E-state index contributed by atoms with van der Waals surface area (Å²) in [6.07, 6.45) is 3.22. The number of hydrogen-bond acceptors (Lipinski definition) is 5. The largest absolute Gasteiger partial charge is 0.506 e. The zero-order valence-electron chi connectivity index (χ0n) is 17.2. The molecule has 29 heavy (non-hydrogen) atoms. The Labute approximate surface area is 171 Å². The molecule has 0 bridgehead atoms. The van der Waals surface area contributed by atoms with Gasteiger partial charge >= 0.3 is 0 Å². The summed E-state index contributed by atoms with van der Waals surface area (Å²) in [4.78, 5) is 19.3. The van der Waals surface area contributed by atoms with Crippen LogP contribution in [0.15, 0.2) is 48.7 Å². The van der Waals surface area contributed by atoms with E-state index < -0.39 is 0 Å². The van der Waals surface area contributed by atoms with E-state index in [2.05, 4.69) is 20.5 Å². The quantitative estimate of drug-likeness (QED) is 0.305. The summed E-state index contributed by atoms with van der Waals surface area (Å²) in [5, 5.41) is 17.6. The fourth-order valence-electron chi connectivity index (χ4n) is 3.32. The fraction of sp³-hybridized carbons (Fsp3) is 0.304. The van der Waals surface area contributed by atoms with Gasteiger partial charge in [0, 0.05) is 29.4 Å². The summed E-state index contributed by atoms with van der Waals surface area (Å²) in [5.74, 6) is -0.0284. The van der Waals surface area contributed by atoms with Crippen LogP contribution in [-0.2, 0) is 6.42 Å². The minimum Gasteiger partial charge on any atom is -0.506 e. The number of nitrogens with zero attached hydrogens (tertiary/aromatic N) is 2. The smallest absolute Gasteiger partial charge is 0.257 e. The van der Waals surface area contributed by atoms with Gasteiger partial charge < -0.3 is 20.6 Å². The Morgan fingerprint density at radius 3 is 2.72 bits per heavy atom. The van der Waals surface area contributed by atoms with Crippen molar-refractivity contribution in [2.24, 2.45) is 0 Å². The molecular weight excluding hydrogens is 364 g/mol. The Bertz CT molecular complexity index is 1000. The first-order valence-corrected chi connectivity index (χ1v) is 9.89. The van der Waals surface area contributed by atoms with Crippen LogP contribution in [0.2, 0.25) is 0 Å². The van der Waals surface area contributed by atoms with Gasteiger partial charge in [0.1, 0.15) is 5.75 Å². The Kier molecular flexibility index (Phi) is 6.67. The Hall–Kier alpha value is -3.12. The number of hydrogen-bond donors (Lipinski definition) is 3. The number of carbonyl (C=O) groups is 1. The first-order valence-electron chi connectivity index (χ1n) is 9.89. The number of phenolic OH excluding ortho intramolecular Hbond substituents is 1. The molecule has 0 radical (unpaired) electrons. The van der Waals surface area contributed by atoms with Gasteiger partial charge in [0.25, 0.3) is 5.91 Å². The van der Waals surface area contributed by atoms with Crippen molar-refractivity contribution in [1.82, 2.24) is 9.88 Å². The van der Waals surface area contributed by atoms with Crippen molar-refractivity contribution in [2.45, 2.75) is 19.8 Å². The van der Waals surface area contributed by atoms with Crippen LogP contribution >= 0.6 is 0 Å². The van der Waals surface area contributed by atoms with Crippen LogP contribution in [0.3, 0.4) is 0 Å². The number of carbonyl (C=O) groups excluding carboxylic acids is 1. The monoisotopic (exact) mass is 392 g/mol. The van der Waals surface area contributed by atoms with E-state index in [9.17, 15) is 9.90 Å². The number of fused-ring (bicyclic) bond motifs is 1. The van der Waals surface area contributed by atoms with Crippen LogP contribution in [0.1, 0.15) is 29.3 Å². The maximum absolute atomic E-state index is 12.8. The number of para-hydroxylation sites is 1. The molecule has 0 atom stereocenters. The third kappa shape index (κ3) is 5.03. The molecule has 3 aromatic rings. The predicted molar refractivity (Wildman–Crippen MR) is 119 cm³/mol. The second kappa shape index (κ2) is 9.39. The SMILES string of the molecule is CCc1c(NC(=O)c2cnc3ccccc3c2)ccc(O)c1NCCCN(C)C. The molecule has 1 amide bonds. The molecule has 3 rings (SSSR count). The van der Waals surface area contributed by atoms with Crippen LogP contribution in [-0.4, -0.2) is 48.1 Å². The minimum atomic E-state index is -0.220. The van der Waals surface area contributed by atoms with Gasteiger partial charge in [0.05, 0.1) is 16.8 Å². The normalized spacial score (nSPS) is 11.0. The van der Waals surface area contributed by atoms with Crippen LogP contribution in [0.25, 0.3) is 10.9 Å². The highest BCUT2D eigenvalue weighted by Crippen LogP contribution is 2.34. The van der Waals surface area contributed by atoms with Crippen molar-refractivity contribution in [3.05, 3.63) is 59.8 Å². The number of phenols is 1. The van der Waals surface area contributed by atoms with Gasteiger partial charge in [-0.1, -0.05) is 25.1 Å².